The van der Waals surface area contributed by atoms with Crippen LogP contribution < -0.4 is 9.47 Å². The first-order valence-corrected chi connectivity index (χ1v) is 12.9. The minimum atomic E-state index is -0.954. The number of benzene rings is 2. The van der Waals surface area contributed by atoms with E-state index in [-0.39, 0.29) is 42.0 Å². The highest BCUT2D eigenvalue weighted by atomic mass is 16.5. The van der Waals surface area contributed by atoms with Crippen molar-refractivity contribution in [1.82, 2.24) is 14.8 Å². The fourth-order valence-corrected chi connectivity index (χ4v) is 4.70. The van der Waals surface area contributed by atoms with E-state index in [2.05, 4.69) is 9.88 Å². The highest BCUT2D eigenvalue weighted by Gasteiger charge is 2.34. The standard InChI is InChI=1S/C30H35N3O6/c1-19-15-33(20(2)18-34)29(35)26-13-24(22-9-11-25(38-4)12-10-22)14-31-28(26)39-27(19)17-32(3)16-21-5-7-23(8-6-21)30(36)37/h5-14,19-20,27,34H,15-18H2,1-4H3,(H,36,37)/t19-,20+,27+/m0/s1. The number of aliphatic hydroxyl groups is 1. The number of nitrogens with zero attached hydrogens (tertiary/aromatic N) is 3. The van der Waals surface area contributed by atoms with Gasteiger partial charge in [0.2, 0.25) is 5.88 Å². The van der Waals surface area contributed by atoms with Crippen molar-refractivity contribution in [2.45, 2.75) is 32.5 Å². The summed E-state index contributed by atoms with van der Waals surface area (Å²) in [6.07, 6.45) is 1.41. The minimum Gasteiger partial charge on any atom is -0.497 e. The number of carboxylic acid groups (broad SMARTS) is 1. The lowest BCUT2D eigenvalue weighted by Gasteiger charge is -2.37. The third-order valence-electron chi connectivity index (χ3n) is 7.09. The summed E-state index contributed by atoms with van der Waals surface area (Å²) in [6.45, 7) is 5.27. The van der Waals surface area contributed by atoms with E-state index in [1.165, 1.54) is 0 Å². The second-order valence-corrected chi connectivity index (χ2v) is 10.1. The highest BCUT2D eigenvalue weighted by molar-refractivity contribution is 5.98. The lowest BCUT2D eigenvalue weighted by atomic mass is 9.99. The molecule has 9 nitrogen and oxygen atoms in total. The Balaban J connectivity index is 1.61. The normalized spacial score (nSPS) is 18.1. The maximum absolute atomic E-state index is 13.7. The van der Waals surface area contributed by atoms with E-state index in [1.807, 2.05) is 57.3 Å². The number of amides is 1. The summed E-state index contributed by atoms with van der Waals surface area (Å²) in [5.41, 5.74) is 3.25. The summed E-state index contributed by atoms with van der Waals surface area (Å²) in [5, 5.41) is 19.1. The largest absolute Gasteiger partial charge is 0.497 e. The molecular weight excluding hydrogens is 498 g/mol. The Morgan fingerprint density at radius 3 is 2.49 bits per heavy atom. The van der Waals surface area contributed by atoms with Crippen LogP contribution in [0.2, 0.25) is 0 Å². The van der Waals surface area contributed by atoms with E-state index >= 15 is 0 Å². The van der Waals surface area contributed by atoms with Crippen molar-refractivity contribution in [3.05, 3.63) is 77.5 Å². The van der Waals surface area contributed by atoms with Crippen molar-refractivity contribution < 1.29 is 29.3 Å². The molecule has 4 rings (SSSR count). The summed E-state index contributed by atoms with van der Waals surface area (Å²) >= 11 is 0. The van der Waals surface area contributed by atoms with Crippen molar-refractivity contribution in [2.75, 3.05) is 33.9 Å². The van der Waals surface area contributed by atoms with Gasteiger partial charge in [-0.25, -0.2) is 9.78 Å². The number of likely N-dealkylation sites (N-methyl/N-ethyl adjacent to an activating group) is 1. The number of hydrogen-bond donors (Lipinski definition) is 2. The van der Waals surface area contributed by atoms with Crippen LogP contribution in [-0.4, -0.2) is 82.9 Å². The van der Waals surface area contributed by atoms with E-state index in [0.717, 1.165) is 22.4 Å². The molecule has 39 heavy (non-hydrogen) atoms. The Morgan fingerprint density at radius 1 is 1.18 bits per heavy atom. The minimum absolute atomic E-state index is 0.0454. The molecule has 0 spiro atoms. The molecule has 2 N–H and O–H groups in total. The fraction of sp³-hybridized carbons (Fsp3) is 0.367. The number of rotatable bonds is 9. The van der Waals surface area contributed by atoms with Gasteiger partial charge in [-0.1, -0.05) is 31.2 Å². The van der Waals surface area contributed by atoms with Crippen molar-refractivity contribution >= 4 is 11.9 Å². The zero-order valence-corrected chi connectivity index (χ0v) is 22.7. The number of aliphatic hydroxyl groups excluding tert-OH is 1. The number of hydrogen-bond acceptors (Lipinski definition) is 7. The van der Waals surface area contributed by atoms with Crippen LogP contribution in [-0.2, 0) is 6.54 Å². The summed E-state index contributed by atoms with van der Waals surface area (Å²) < 4.78 is 11.7. The first-order chi connectivity index (χ1) is 18.7. The van der Waals surface area contributed by atoms with E-state index in [4.69, 9.17) is 14.6 Å². The quantitative estimate of drug-likeness (QED) is 0.427. The van der Waals surface area contributed by atoms with Crippen LogP contribution in [0.3, 0.4) is 0 Å². The first-order valence-electron chi connectivity index (χ1n) is 12.9. The third kappa shape index (κ3) is 6.55. The summed E-state index contributed by atoms with van der Waals surface area (Å²) in [7, 11) is 3.58. The van der Waals surface area contributed by atoms with Crippen LogP contribution in [0.1, 0.15) is 40.1 Å². The molecule has 1 aliphatic rings. The maximum atomic E-state index is 13.7. The Bertz CT molecular complexity index is 1300. The average Bonchev–Trinajstić information content (AvgIpc) is 2.94. The number of carbonyl (C=O) groups excluding carboxylic acids is 1. The molecule has 206 valence electrons. The predicted octanol–water partition coefficient (Wildman–Crippen LogP) is 3.81. The van der Waals surface area contributed by atoms with E-state index < -0.39 is 5.97 Å². The number of carboxylic acids is 1. The van der Waals surface area contributed by atoms with Crippen LogP contribution >= 0.6 is 0 Å². The van der Waals surface area contributed by atoms with Gasteiger partial charge in [0.1, 0.15) is 17.4 Å². The van der Waals surface area contributed by atoms with Crippen LogP contribution in [0.25, 0.3) is 11.1 Å². The van der Waals surface area contributed by atoms with Crippen molar-refractivity contribution in [3.63, 3.8) is 0 Å². The summed E-state index contributed by atoms with van der Waals surface area (Å²) in [6, 6.07) is 15.8. The second kappa shape index (κ2) is 12.3. The van der Waals surface area contributed by atoms with Crippen LogP contribution in [0.4, 0.5) is 0 Å². The fourth-order valence-electron chi connectivity index (χ4n) is 4.70. The molecule has 3 atom stereocenters. The van der Waals surface area contributed by atoms with Crippen LogP contribution in [0.15, 0.2) is 60.8 Å². The van der Waals surface area contributed by atoms with Gasteiger partial charge in [0.05, 0.1) is 25.3 Å². The van der Waals surface area contributed by atoms with E-state index in [9.17, 15) is 14.7 Å². The van der Waals surface area contributed by atoms with Crippen molar-refractivity contribution in [2.24, 2.45) is 5.92 Å². The second-order valence-electron chi connectivity index (χ2n) is 10.1. The molecule has 0 saturated heterocycles. The molecule has 0 unspecified atom stereocenters. The number of fused-ring (bicyclic) bond motifs is 1. The lowest BCUT2D eigenvalue weighted by Crippen LogP contribution is -2.49. The average molecular weight is 534 g/mol. The zero-order chi connectivity index (χ0) is 28.1. The highest BCUT2D eigenvalue weighted by Crippen LogP contribution is 2.31. The molecule has 0 fully saturated rings. The Kier molecular flexibility index (Phi) is 8.83. The monoisotopic (exact) mass is 533 g/mol. The van der Waals surface area contributed by atoms with Gasteiger partial charge in [0, 0.05) is 37.3 Å². The van der Waals surface area contributed by atoms with Gasteiger partial charge in [0.25, 0.3) is 5.91 Å². The van der Waals surface area contributed by atoms with Gasteiger partial charge in [-0.3, -0.25) is 9.69 Å². The zero-order valence-electron chi connectivity index (χ0n) is 22.7. The molecule has 2 heterocycles. The molecule has 0 aliphatic carbocycles. The summed E-state index contributed by atoms with van der Waals surface area (Å²) in [5.74, 6) is -0.228. The van der Waals surface area contributed by atoms with E-state index in [1.54, 1.807) is 36.4 Å². The van der Waals surface area contributed by atoms with Gasteiger partial charge < -0.3 is 24.6 Å². The predicted molar refractivity (Wildman–Crippen MR) is 147 cm³/mol. The number of aromatic nitrogens is 1. The van der Waals surface area contributed by atoms with Crippen molar-refractivity contribution in [3.8, 4) is 22.8 Å². The first kappa shape index (κ1) is 28.1. The van der Waals surface area contributed by atoms with Gasteiger partial charge in [-0.15, -0.1) is 0 Å². The molecule has 2 aromatic carbocycles. The van der Waals surface area contributed by atoms with Gasteiger partial charge in [-0.2, -0.15) is 0 Å². The Labute approximate surface area is 228 Å². The van der Waals surface area contributed by atoms with E-state index in [0.29, 0.717) is 25.2 Å². The molecule has 0 bridgehead atoms. The molecule has 1 aliphatic heterocycles. The molecular formula is C30H35N3O6. The van der Waals surface area contributed by atoms with Crippen LogP contribution in [0, 0.1) is 5.92 Å². The van der Waals surface area contributed by atoms with Gasteiger partial charge in [0.15, 0.2) is 0 Å². The Morgan fingerprint density at radius 2 is 1.87 bits per heavy atom. The molecule has 0 saturated carbocycles. The van der Waals surface area contributed by atoms with Gasteiger partial charge >= 0.3 is 5.97 Å². The number of carbonyl (C=O) groups is 2. The number of aromatic carboxylic acids is 1. The smallest absolute Gasteiger partial charge is 0.335 e. The SMILES string of the molecule is COc1ccc(-c2cnc3c(c2)C(=O)N([C@H](C)CO)C[C@H](C)[C@@H](CN(C)Cc2ccc(C(=O)O)cc2)O3)cc1. The number of pyridine rings is 1. The summed E-state index contributed by atoms with van der Waals surface area (Å²) in [4.78, 5) is 33.2. The molecule has 3 aromatic rings. The molecule has 1 aromatic heterocycles. The lowest BCUT2D eigenvalue weighted by molar-refractivity contribution is 0.0325. The molecule has 9 heteroatoms. The molecule has 1 amide bonds. The maximum Gasteiger partial charge on any atom is 0.335 e. The Hall–Kier alpha value is -3.95. The third-order valence-corrected chi connectivity index (χ3v) is 7.09. The van der Waals surface area contributed by atoms with Crippen molar-refractivity contribution in [1.29, 1.82) is 0 Å². The molecule has 0 radical (unpaired) electrons. The number of methoxy groups -OCH3 is 1. The van der Waals surface area contributed by atoms with Crippen LogP contribution in [0.5, 0.6) is 11.6 Å². The van der Waals surface area contributed by atoms with Gasteiger partial charge in [-0.05, 0) is 55.4 Å². The number of ether oxygens (including phenoxy) is 2. The topological polar surface area (TPSA) is 112 Å².